The van der Waals surface area contributed by atoms with Crippen molar-refractivity contribution in [1.29, 1.82) is 0 Å². The second-order valence-electron chi connectivity index (χ2n) is 3.26. The Balaban J connectivity index is 2.13. The van der Waals surface area contributed by atoms with E-state index in [1.807, 2.05) is 0 Å². The van der Waals surface area contributed by atoms with Crippen molar-refractivity contribution in [2.45, 2.75) is 0 Å². The summed E-state index contributed by atoms with van der Waals surface area (Å²) in [5, 5.41) is 4.07. The summed E-state index contributed by atoms with van der Waals surface area (Å²) >= 11 is 0. The maximum Gasteiger partial charge on any atom is 0.264 e. The number of oxazole rings is 1. The van der Waals surface area contributed by atoms with Crippen LogP contribution in [0.15, 0.2) is 41.4 Å². The molecule has 0 spiro atoms. The third-order valence-corrected chi connectivity index (χ3v) is 2.10. The maximum absolute atomic E-state index is 5.71. The molecule has 3 rings (SSSR count). The minimum atomic E-state index is 0.325. The highest BCUT2D eigenvalue weighted by molar-refractivity contribution is 5.48. The largest absolute Gasteiger partial charge is 0.442 e. The number of nitrogen functional groups attached to an aromatic ring is 1. The lowest BCUT2D eigenvalue weighted by Gasteiger charge is -2.03. The van der Waals surface area contributed by atoms with Crippen LogP contribution >= 0.6 is 0 Å². The SMILES string of the molecule is Nc1cc(-n2cccn2)nc(-c2ncco2)n1. The van der Waals surface area contributed by atoms with Gasteiger partial charge in [-0.2, -0.15) is 5.10 Å². The normalized spacial score (nSPS) is 10.6. The first-order valence-electron chi connectivity index (χ1n) is 4.87. The Morgan fingerprint density at radius 2 is 2.18 bits per heavy atom. The summed E-state index contributed by atoms with van der Waals surface area (Å²) in [4.78, 5) is 12.3. The van der Waals surface area contributed by atoms with Crippen LogP contribution in [0.3, 0.4) is 0 Å². The third-order valence-electron chi connectivity index (χ3n) is 2.10. The van der Waals surface area contributed by atoms with Crippen molar-refractivity contribution in [2.75, 3.05) is 5.73 Å². The van der Waals surface area contributed by atoms with Crippen molar-refractivity contribution >= 4 is 5.82 Å². The lowest BCUT2D eigenvalue weighted by Crippen LogP contribution is -2.03. The van der Waals surface area contributed by atoms with Crippen LogP contribution in [-0.2, 0) is 0 Å². The molecule has 0 fully saturated rings. The second kappa shape index (κ2) is 3.71. The van der Waals surface area contributed by atoms with Gasteiger partial charge in [0.1, 0.15) is 12.1 Å². The monoisotopic (exact) mass is 228 g/mol. The third kappa shape index (κ3) is 1.73. The van der Waals surface area contributed by atoms with Crippen molar-refractivity contribution in [1.82, 2.24) is 24.7 Å². The van der Waals surface area contributed by atoms with E-state index in [4.69, 9.17) is 10.2 Å². The molecule has 0 amide bonds. The number of hydrogen-bond acceptors (Lipinski definition) is 6. The van der Waals surface area contributed by atoms with Crippen LogP contribution in [-0.4, -0.2) is 24.7 Å². The van der Waals surface area contributed by atoms with Gasteiger partial charge in [-0.15, -0.1) is 0 Å². The lowest BCUT2D eigenvalue weighted by atomic mass is 10.5. The predicted octanol–water partition coefficient (Wildman–Crippen LogP) is 0.899. The van der Waals surface area contributed by atoms with Gasteiger partial charge in [0.05, 0.1) is 6.20 Å². The Morgan fingerprint density at radius 1 is 1.24 bits per heavy atom. The molecule has 2 N–H and O–H groups in total. The number of rotatable bonds is 2. The van der Waals surface area contributed by atoms with Gasteiger partial charge in [-0.1, -0.05) is 0 Å². The molecule has 0 unspecified atom stereocenters. The second-order valence-corrected chi connectivity index (χ2v) is 3.26. The fourth-order valence-electron chi connectivity index (χ4n) is 1.40. The van der Waals surface area contributed by atoms with E-state index in [2.05, 4.69) is 20.1 Å². The topological polar surface area (TPSA) is 95.7 Å². The summed E-state index contributed by atoms with van der Waals surface area (Å²) in [5.41, 5.74) is 5.71. The van der Waals surface area contributed by atoms with E-state index in [1.165, 1.54) is 12.5 Å². The lowest BCUT2D eigenvalue weighted by molar-refractivity contribution is 0.568. The standard InChI is InChI=1S/C10H8N6O/c11-7-6-8(16-4-1-2-13-16)15-9(14-7)10-12-3-5-17-10/h1-6H,(H2,11,14,15). The molecule has 0 bridgehead atoms. The number of nitrogens with two attached hydrogens (primary N) is 1. The van der Waals surface area contributed by atoms with E-state index < -0.39 is 0 Å². The van der Waals surface area contributed by atoms with Crippen molar-refractivity contribution < 1.29 is 4.42 Å². The van der Waals surface area contributed by atoms with Crippen LogP contribution in [0.25, 0.3) is 17.5 Å². The minimum absolute atomic E-state index is 0.325. The summed E-state index contributed by atoms with van der Waals surface area (Å²) in [7, 11) is 0. The van der Waals surface area contributed by atoms with E-state index >= 15 is 0 Å². The molecular formula is C10H8N6O. The first-order chi connectivity index (χ1) is 8.33. The highest BCUT2D eigenvalue weighted by Gasteiger charge is 2.10. The Hall–Kier alpha value is -2.70. The van der Waals surface area contributed by atoms with Gasteiger partial charge in [0.25, 0.3) is 5.89 Å². The van der Waals surface area contributed by atoms with Crippen LogP contribution in [0.4, 0.5) is 5.82 Å². The highest BCUT2D eigenvalue weighted by atomic mass is 16.3. The maximum atomic E-state index is 5.71. The van der Waals surface area contributed by atoms with Crippen molar-refractivity contribution in [3.8, 4) is 17.5 Å². The zero-order valence-electron chi connectivity index (χ0n) is 8.69. The molecule has 3 aromatic heterocycles. The molecule has 7 heteroatoms. The van der Waals surface area contributed by atoms with Gasteiger partial charge >= 0.3 is 0 Å². The number of nitrogens with zero attached hydrogens (tertiary/aromatic N) is 5. The molecule has 17 heavy (non-hydrogen) atoms. The van der Waals surface area contributed by atoms with Gasteiger partial charge in [0.15, 0.2) is 5.82 Å². The van der Waals surface area contributed by atoms with Crippen LogP contribution in [0, 0.1) is 0 Å². The summed E-state index contributed by atoms with van der Waals surface area (Å²) < 4.78 is 6.71. The van der Waals surface area contributed by atoms with Gasteiger partial charge in [0.2, 0.25) is 5.82 Å². The Labute approximate surface area is 95.9 Å². The summed E-state index contributed by atoms with van der Waals surface area (Å²) in [6, 6.07) is 3.42. The van der Waals surface area contributed by atoms with E-state index in [9.17, 15) is 0 Å². The van der Waals surface area contributed by atoms with E-state index in [0.29, 0.717) is 23.4 Å². The molecule has 3 heterocycles. The predicted molar refractivity (Wildman–Crippen MR) is 59.1 cm³/mol. The van der Waals surface area contributed by atoms with E-state index in [0.717, 1.165) is 0 Å². The first kappa shape index (κ1) is 9.52. The molecule has 0 aliphatic carbocycles. The van der Waals surface area contributed by atoms with Crippen LogP contribution in [0.5, 0.6) is 0 Å². The molecule has 0 aliphatic heterocycles. The number of hydrogen-bond donors (Lipinski definition) is 1. The Morgan fingerprint density at radius 3 is 2.88 bits per heavy atom. The van der Waals surface area contributed by atoms with Gasteiger partial charge < -0.3 is 10.2 Å². The minimum Gasteiger partial charge on any atom is -0.442 e. The number of anilines is 1. The molecule has 0 saturated carbocycles. The Kier molecular flexibility index (Phi) is 2.08. The Bertz CT molecular complexity index is 564. The van der Waals surface area contributed by atoms with Crippen LogP contribution in [0.1, 0.15) is 0 Å². The zero-order valence-corrected chi connectivity index (χ0v) is 8.69. The zero-order chi connectivity index (χ0) is 11.7. The fraction of sp³-hybridized carbons (Fsp3) is 0. The number of aromatic nitrogens is 5. The molecule has 7 nitrogen and oxygen atoms in total. The van der Waals surface area contributed by atoms with Gasteiger partial charge in [-0.3, -0.25) is 0 Å². The van der Waals surface area contributed by atoms with Crippen LogP contribution < -0.4 is 5.73 Å². The van der Waals surface area contributed by atoms with E-state index in [1.54, 1.807) is 29.2 Å². The average Bonchev–Trinajstić information content (AvgIpc) is 3.02. The molecular weight excluding hydrogens is 220 g/mol. The summed E-state index contributed by atoms with van der Waals surface area (Å²) in [6.07, 6.45) is 6.40. The van der Waals surface area contributed by atoms with Crippen molar-refractivity contribution in [3.63, 3.8) is 0 Å². The molecule has 0 aliphatic rings. The molecule has 3 aromatic rings. The van der Waals surface area contributed by atoms with E-state index in [-0.39, 0.29) is 0 Å². The summed E-state index contributed by atoms with van der Waals surface area (Å²) in [5.74, 6) is 1.56. The molecule has 0 atom stereocenters. The molecule has 0 radical (unpaired) electrons. The van der Waals surface area contributed by atoms with Crippen molar-refractivity contribution in [2.24, 2.45) is 0 Å². The van der Waals surface area contributed by atoms with Crippen molar-refractivity contribution in [3.05, 3.63) is 37.0 Å². The molecule has 0 aromatic carbocycles. The van der Waals surface area contributed by atoms with Gasteiger partial charge in [-0.25, -0.2) is 19.6 Å². The van der Waals surface area contributed by atoms with Gasteiger partial charge in [0, 0.05) is 18.5 Å². The quantitative estimate of drug-likeness (QED) is 0.700. The molecule has 84 valence electrons. The van der Waals surface area contributed by atoms with Gasteiger partial charge in [-0.05, 0) is 6.07 Å². The summed E-state index contributed by atoms with van der Waals surface area (Å²) in [6.45, 7) is 0. The first-order valence-corrected chi connectivity index (χ1v) is 4.87. The smallest absolute Gasteiger partial charge is 0.264 e. The molecule has 0 saturated heterocycles. The highest BCUT2D eigenvalue weighted by Crippen LogP contribution is 2.16. The van der Waals surface area contributed by atoms with Crippen LogP contribution in [0.2, 0.25) is 0 Å². The fourth-order valence-corrected chi connectivity index (χ4v) is 1.40. The average molecular weight is 228 g/mol.